The van der Waals surface area contributed by atoms with E-state index in [1.165, 1.54) is 0 Å². The maximum Gasteiger partial charge on any atom is 0.251 e. The lowest BCUT2D eigenvalue weighted by molar-refractivity contribution is 0.0932. The third-order valence-electron chi connectivity index (χ3n) is 5.02. The first-order chi connectivity index (χ1) is 14.0. The molecule has 3 rings (SSSR count). The predicted octanol–water partition coefficient (Wildman–Crippen LogP) is 4.77. The third kappa shape index (κ3) is 5.47. The van der Waals surface area contributed by atoms with E-state index in [0.717, 1.165) is 35.7 Å². The molecule has 1 aromatic heterocycles. The Balaban J connectivity index is 1.70. The van der Waals surface area contributed by atoms with Crippen molar-refractivity contribution in [3.63, 3.8) is 0 Å². The van der Waals surface area contributed by atoms with E-state index in [2.05, 4.69) is 28.7 Å². The quantitative estimate of drug-likeness (QED) is 0.602. The zero-order chi connectivity index (χ0) is 20.8. The second-order valence-corrected chi connectivity index (χ2v) is 7.73. The molecule has 0 fully saturated rings. The molecule has 0 saturated carbocycles. The van der Waals surface area contributed by atoms with Gasteiger partial charge in [0, 0.05) is 24.5 Å². The highest BCUT2D eigenvalue weighted by atomic mass is 16.5. The van der Waals surface area contributed by atoms with E-state index in [1.54, 1.807) is 13.3 Å². The molecule has 5 nitrogen and oxygen atoms in total. The normalized spacial score (nSPS) is 12.0. The summed E-state index contributed by atoms with van der Waals surface area (Å²) >= 11 is 0. The summed E-state index contributed by atoms with van der Waals surface area (Å²) in [6.07, 6.45) is 4.63. The summed E-state index contributed by atoms with van der Waals surface area (Å²) in [4.78, 5) is 17.1. The molecule has 29 heavy (non-hydrogen) atoms. The number of hydrogen-bond acceptors (Lipinski definition) is 3. The van der Waals surface area contributed by atoms with E-state index >= 15 is 0 Å². The van der Waals surface area contributed by atoms with Crippen LogP contribution in [0.25, 0.3) is 0 Å². The van der Waals surface area contributed by atoms with Crippen LogP contribution in [0.3, 0.4) is 0 Å². The molecular weight excluding hydrogens is 362 g/mol. The van der Waals surface area contributed by atoms with Crippen molar-refractivity contribution >= 4 is 5.91 Å². The fraction of sp³-hybridized carbons (Fsp3) is 0.333. The van der Waals surface area contributed by atoms with Crippen molar-refractivity contribution in [2.45, 2.75) is 39.8 Å². The Kier molecular flexibility index (Phi) is 6.70. The number of amides is 1. The lowest BCUT2D eigenvalue weighted by Gasteiger charge is -2.21. The van der Waals surface area contributed by atoms with E-state index in [-0.39, 0.29) is 11.9 Å². The number of imidazole rings is 1. The summed E-state index contributed by atoms with van der Waals surface area (Å²) in [5.41, 5.74) is 2.88. The van der Waals surface area contributed by atoms with E-state index in [9.17, 15) is 4.79 Å². The summed E-state index contributed by atoms with van der Waals surface area (Å²) in [6.45, 7) is 7.05. The standard InChI is InChI=1S/C24H29N3O2/c1-17(2)15-23(20-9-11-22(29-4)12-10-20)26-24(28)21-7-5-19(6-8-21)16-27-14-13-25-18(27)3/h5-14,17,23H,15-16H2,1-4H3,(H,26,28)/t23-/m0/s1. The minimum atomic E-state index is -0.0585. The van der Waals surface area contributed by atoms with Gasteiger partial charge in [-0.15, -0.1) is 0 Å². The van der Waals surface area contributed by atoms with Gasteiger partial charge in [-0.2, -0.15) is 0 Å². The molecule has 1 heterocycles. The van der Waals surface area contributed by atoms with E-state index in [1.807, 2.05) is 61.7 Å². The lowest BCUT2D eigenvalue weighted by atomic mass is 9.96. The summed E-state index contributed by atoms with van der Waals surface area (Å²) in [5, 5.41) is 3.20. The lowest BCUT2D eigenvalue weighted by Crippen LogP contribution is -2.29. The molecule has 0 bridgehead atoms. The van der Waals surface area contributed by atoms with Crippen molar-refractivity contribution in [3.05, 3.63) is 83.4 Å². The predicted molar refractivity (Wildman–Crippen MR) is 115 cm³/mol. The molecule has 5 heteroatoms. The van der Waals surface area contributed by atoms with Crippen molar-refractivity contribution in [2.24, 2.45) is 5.92 Å². The number of nitrogens with zero attached hydrogens (tertiary/aromatic N) is 2. The van der Waals surface area contributed by atoms with Crippen LogP contribution in [0.5, 0.6) is 5.75 Å². The molecule has 3 aromatic rings. The van der Waals surface area contributed by atoms with Gasteiger partial charge in [0.25, 0.3) is 5.91 Å². The number of carbonyl (C=O) groups excluding carboxylic acids is 1. The van der Waals surface area contributed by atoms with Crippen LogP contribution in [0.1, 0.15) is 53.6 Å². The average molecular weight is 392 g/mol. The molecular formula is C24H29N3O2. The molecule has 0 radical (unpaired) electrons. The fourth-order valence-electron chi connectivity index (χ4n) is 3.36. The van der Waals surface area contributed by atoms with Crippen LogP contribution in [0, 0.1) is 12.8 Å². The van der Waals surface area contributed by atoms with Gasteiger partial charge in [-0.3, -0.25) is 4.79 Å². The Morgan fingerprint density at radius 3 is 2.34 bits per heavy atom. The Morgan fingerprint density at radius 2 is 1.79 bits per heavy atom. The fourth-order valence-corrected chi connectivity index (χ4v) is 3.36. The summed E-state index contributed by atoms with van der Waals surface area (Å²) in [5.74, 6) is 2.19. The summed E-state index contributed by atoms with van der Waals surface area (Å²) in [6, 6.07) is 15.6. The van der Waals surface area contributed by atoms with Gasteiger partial charge in [0.05, 0.1) is 13.2 Å². The van der Waals surface area contributed by atoms with Gasteiger partial charge in [-0.25, -0.2) is 4.98 Å². The monoisotopic (exact) mass is 391 g/mol. The molecule has 1 N–H and O–H groups in total. The van der Waals surface area contributed by atoms with Gasteiger partial charge in [0.2, 0.25) is 0 Å². The van der Waals surface area contributed by atoms with Gasteiger partial charge in [0.15, 0.2) is 0 Å². The van der Waals surface area contributed by atoms with Crippen LogP contribution in [0.2, 0.25) is 0 Å². The molecule has 0 aliphatic heterocycles. The molecule has 2 aromatic carbocycles. The number of carbonyl (C=O) groups is 1. The Labute approximate surface area is 172 Å². The Morgan fingerprint density at radius 1 is 1.10 bits per heavy atom. The first kappa shape index (κ1) is 20.6. The Hall–Kier alpha value is -3.08. The number of aryl methyl sites for hydroxylation is 1. The van der Waals surface area contributed by atoms with Crippen LogP contribution in [0.15, 0.2) is 60.9 Å². The molecule has 0 aliphatic carbocycles. The van der Waals surface area contributed by atoms with E-state index in [4.69, 9.17) is 4.74 Å². The summed E-state index contributed by atoms with van der Waals surface area (Å²) in [7, 11) is 1.65. The molecule has 0 saturated heterocycles. The zero-order valence-corrected chi connectivity index (χ0v) is 17.6. The second kappa shape index (κ2) is 9.41. The van der Waals surface area contributed by atoms with Crippen LogP contribution in [-0.2, 0) is 6.54 Å². The number of aromatic nitrogens is 2. The smallest absolute Gasteiger partial charge is 0.251 e. The van der Waals surface area contributed by atoms with Crippen molar-refractivity contribution < 1.29 is 9.53 Å². The number of ether oxygens (including phenoxy) is 1. The average Bonchev–Trinajstić information content (AvgIpc) is 3.12. The molecule has 1 atom stereocenters. The number of methoxy groups -OCH3 is 1. The molecule has 0 spiro atoms. The molecule has 152 valence electrons. The van der Waals surface area contributed by atoms with Gasteiger partial charge < -0.3 is 14.6 Å². The largest absolute Gasteiger partial charge is 0.497 e. The van der Waals surface area contributed by atoms with Gasteiger partial charge in [-0.05, 0) is 54.7 Å². The summed E-state index contributed by atoms with van der Waals surface area (Å²) < 4.78 is 7.32. The van der Waals surface area contributed by atoms with Crippen LogP contribution in [-0.4, -0.2) is 22.6 Å². The third-order valence-corrected chi connectivity index (χ3v) is 5.02. The zero-order valence-electron chi connectivity index (χ0n) is 17.6. The molecule has 0 aliphatic rings. The first-order valence-corrected chi connectivity index (χ1v) is 9.97. The minimum Gasteiger partial charge on any atom is -0.497 e. The van der Waals surface area contributed by atoms with Gasteiger partial charge in [0.1, 0.15) is 11.6 Å². The van der Waals surface area contributed by atoms with Gasteiger partial charge in [-0.1, -0.05) is 38.1 Å². The van der Waals surface area contributed by atoms with Crippen molar-refractivity contribution in [2.75, 3.05) is 7.11 Å². The number of rotatable bonds is 8. The highest BCUT2D eigenvalue weighted by molar-refractivity contribution is 5.94. The molecule has 0 unspecified atom stereocenters. The SMILES string of the molecule is COc1ccc([C@H](CC(C)C)NC(=O)c2ccc(Cn3ccnc3C)cc2)cc1. The number of benzene rings is 2. The van der Waals surface area contributed by atoms with Crippen molar-refractivity contribution in [1.82, 2.24) is 14.9 Å². The maximum atomic E-state index is 12.9. The second-order valence-electron chi connectivity index (χ2n) is 7.73. The maximum absolute atomic E-state index is 12.9. The number of hydrogen-bond donors (Lipinski definition) is 1. The number of nitrogens with one attached hydrogen (secondary N) is 1. The van der Waals surface area contributed by atoms with Crippen LogP contribution in [0.4, 0.5) is 0 Å². The van der Waals surface area contributed by atoms with E-state index in [0.29, 0.717) is 11.5 Å². The molecule has 1 amide bonds. The Bertz CT molecular complexity index is 928. The van der Waals surface area contributed by atoms with E-state index < -0.39 is 0 Å². The highest BCUT2D eigenvalue weighted by Crippen LogP contribution is 2.24. The van der Waals surface area contributed by atoms with Crippen LogP contribution < -0.4 is 10.1 Å². The van der Waals surface area contributed by atoms with Crippen molar-refractivity contribution in [1.29, 1.82) is 0 Å². The topological polar surface area (TPSA) is 56.1 Å². The van der Waals surface area contributed by atoms with Gasteiger partial charge >= 0.3 is 0 Å². The van der Waals surface area contributed by atoms with Crippen molar-refractivity contribution in [3.8, 4) is 5.75 Å². The van der Waals surface area contributed by atoms with Crippen LogP contribution >= 0.6 is 0 Å². The minimum absolute atomic E-state index is 0.0401. The first-order valence-electron chi connectivity index (χ1n) is 9.97. The highest BCUT2D eigenvalue weighted by Gasteiger charge is 2.17.